The average molecular weight is 524 g/mol. The van der Waals surface area contributed by atoms with E-state index in [-0.39, 0.29) is 24.0 Å². The van der Waals surface area contributed by atoms with Crippen LogP contribution >= 0.6 is 35.3 Å². The highest BCUT2D eigenvalue weighted by atomic mass is 127. The molecule has 0 aliphatic heterocycles. The third-order valence-corrected chi connectivity index (χ3v) is 4.12. The standard InChI is InChI=1S/C16H27F3N4O2S.HI/c1-3-20-15(21-7-4-5-9-25-11-10-24-2)22-8-6-14-23-13(12-26-14)16(17,18)19;/h12H,3-11H2,1-2H3,(H2,20,21,22);1H. The van der Waals surface area contributed by atoms with E-state index < -0.39 is 11.9 Å². The lowest BCUT2D eigenvalue weighted by molar-refractivity contribution is -0.140. The number of ether oxygens (including phenoxy) is 2. The minimum atomic E-state index is -4.38. The molecule has 0 aromatic carbocycles. The van der Waals surface area contributed by atoms with E-state index in [4.69, 9.17) is 9.47 Å². The molecule has 0 radical (unpaired) electrons. The largest absolute Gasteiger partial charge is 0.434 e. The molecule has 1 aromatic rings. The van der Waals surface area contributed by atoms with Gasteiger partial charge in [0.1, 0.15) is 0 Å². The zero-order chi connectivity index (χ0) is 19.3. The molecule has 11 heteroatoms. The lowest BCUT2D eigenvalue weighted by Gasteiger charge is -2.10. The van der Waals surface area contributed by atoms with Crippen LogP contribution in [-0.4, -0.2) is 57.5 Å². The molecule has 0 saturated carbocycles. The molecule has 0 bridgehead atoms. The number of rotatable bonds is 12. The summed E-state index contributed by atoms with van der Waals surface area (Å²) in [6.45, 7) is 5.65. The summed E-state index contributed by atoms with van der Waals surface area (Å²) in [5, 5.41) is 7.72. The third-order valence-electron chi connectivity index (χ3n) is 3.22. The van der Waals surface area contributed by atoms with Gasteiger partial charge < -0.3 is 20.1 Å². The van der Waals surface area contributed by atoms with Gasteiger partial charge in [-0.25, -0.2) is 4.98 Å². The third kappa shape index (κ3) is 12.4. The molecule has 0 fully saturated rings. The molecule has 1 rings (SSSR count). The molecule has 1 aromatic heterocycles. The molecule has 0 saturated heterocycles. The van der Waals surface area contributed by atoms with E-state index >= 15 is 0 Å². The highest BCUT2D eigenvalue weighted by molar-refractivity contribution is 14.0. The monoisotopic (exact) mass is 524 g/mol. The van der Waals surface area contributed by atoms with E-state index in [1.807, 2.05) is 6.92 Å². The molecule has 1 heterocycles. The molecule has 0 unspecified atom stereocenters. The zero-order valence-corrected chi connectivity index (χ0v) is 18.7. The van der Waals surface area contributed by atoms with Gasteiger partial charge in [0.25, 0.3) is 0 Å². The first kappa shape index (κ1) is 26.3. The van der Waals surface area contributed by atoms with Gasteiger partial charge in [0.15, 0.2) is 11.7 Å². The van der Waals surface area contributed by atoms with Crippen molar-refractivity contribution in [1.82, 2.24) is 15.6 Å². The zero-order valence-electron chi connectivity index (χ0n) is 15.6. The molecule has 2 N–H and O–H groups in total. The number of thiazole rings is 1. The summed E-state index contributed by atoms with van der Waals surface area (Å²) in [5.74, 6) is 0.653. The Hall–Kier alpha value is -0.660. The fourth-order valence-corrected chi connectivity index (χ4v) is 2.74. The van der Waals surface area contributed by atoms with Crippen molar-refractivity contribution in [2.24, 2.45) is 4.99 Å². The molecular formula is C16H28F3IN4O2S. The van der Waals surface area contributed by atoms with Gasteiger partial charge in [0.05, 0.1) is 18.2 Å². The van der Waals surface area contributed by atoms with Crippen molar-refractivity contribution in [3.8, 4) is 0 Å². The number of nitrogens with one attached hydrogen (secondary N) is 2. The number of aromatic nitrogens is 1. The second kappa shape index (κ2) is 15.3. The van der Waals surface area contributed by atoms with Crippen LogP contribution in [0.15, 0.2) is 10.4 Å². The molecule has 6 nitrogen and oxygen atoms in total. The summed E-state index contributed by atoms with van der Waals surface area (Å²) in [5.41, 5.74) is -0.828. The highest BCUT2D eigenvalue weighted by Gasteiger charge is 2.33. The van der Waals surface area contributed by atoms with Crippen molar-refractivity contribution in [1.29, 1.82) is 0 Å². The summed E-state index contributed by atoms with van der Waals surface area (Å²) in [6.07, 6.45) is -2.17. The second-order valence-electron chi connectivity index (χ2n) is 5.37. The van der Waals surface area contributed by atoms with Gasteiger partial charge in [0, 0.05) is 45.2 Å². The number of nitrogens with zero attached hydrogens (tertiary/aromatic N) is 2. The van der Waals surface area contributed by atoms with Crippen LogP contribution in [0.3, 0.4) is 0 Å². The summed E-state index contributed by atoms with van der Waals surface area (Å²) >= 11 is 1.02. The fraction of sp³-hybridized carbons (Fsp3) is 0.750. The molecule has 0 spiro atoms. The Labute approximate surface area is 179 Å². The van der Waals surface area contributed by atoms with Gasteiger partial charge in [0.2, 0.25) is 0 Å². The molecule has 0 aliphatic carbocycles. The summed E-state index contributed by atoms with van der Waals surface area (Å²) in [7, 11) is 1.64. The molecule has 27 heavy (non-hydrogen) atoms. The van der Waals surface area contributed by atoms with Gasteiger partial charge in [-0.15, -0.1) is 35.3 Å². The van der Waals surface area contributed by atoms with Crippen molar-refractivity contribution in [3.63, 3.8) is 0 Å². The molecule has 158 valence electrons. The normalized spacial score (nSPS) is 12.0. The first-order valence-electron chi connectivity index (χ1n) is 8.57. The van der Waals surface area contributed by atoms with Crippen LogP contribution in [0.5, 0.6) is 0 Å². The minimum Gasteiger partial charge on any atom is -0.382 e. The number of unbranched alkanes of at least 4 members (excludes halogenated alkanes) is 1. The Morgan fingerprint density at radius 2 is 2.00 bits per heavy atom. The maximum absolute atomic E-state index is 12.5. The van der Waals surface area contributed by atoms with Gasteiger partial charge in [-0.2, -0.15) is 13.2 Å². The van der Waals surface area contributed by atoms with Crippen LogP contribution in [0.2, 0.25) is 0 Å². The Kier molecular flexibility index (Phi) is 14.9. The van der Waals surface area contributed by atoms with E-state index in [9.17, 15) is 13.2 Å². The van der Waals surface area contributed by atoms with Crippen molar-refractivity contribution >= 4 is 41.3 Å². The lowest BCUT2D eigenvalue weighted by atomic mass is 10.3. The van der Waals surface area contributed by atoms with Crippen molar-refractivity contribution in [2.45, 2.75) is 32.4 Å². The van der Waals surface area contributed by atoms with Crippen LogP contribution in [0, 0.1) is 0 Å². The number of alkyl halides is 3. The van der Waals surface area contributed by atoms with E-state index in [2.05, 4.69) is 20.6 Å². The van der Waals surface area contributed by atoms with Crippen LogP contribution in [-0.2, 0) is 22.1 Å². The van der Waals surface area contributed by atoms with E-state index in [0.717, 1.165) is 29.6 Å². The second-order valence-corrected chi connectivity index (χ2v) is 6.32. The average Bonchev–Trinajstić information content (AvgIpc) is 3.06. The summed E-state index contributed by atoms with van der Waals surface area (Å²) in [6, 6.07) is 0. The molecule has 0 atom stereocenters. The van der Waals surface area contributed by atoms with E-state index in [1.54, 1.807) is 7.11 Å². The van der Waals surface area contributed by atoms with Gasteiger partial charge >= 0.3 is 6.18 Å². The summed E-state index contributed by atoms with van der Waals surface area (Å²) in [4.78, 5) is 8.05. The topological polar surface area (TPSA) is 67.8 Å². The smallest absolute Gasteiger partial charge is 0.382 e. The van der Waals surface area contributed by atoms with Crippen LogP contribution in [0.25, 0.3) is 0 Å². The molecule has 0 aliphatic rings. The first-order valence-corrected chi connectivity index (χ1v) is 9.45. The summed E-state index contributed by atoms with van der Waals surface area (Å²) < 4.78 is 47.8. The van der Waals surface area contributed by atoms with Crippen LogP contribution < -0.4 is 10.6 Å². The number of methoxy groups -OCH3 is 1. The quantitative estimate of drug-likeness (QED) is 0.190. The van der Waals surface area contributed by atoms with Crippen molar-refractivity contribution in [2.75, 3.05) is 46.6 Å². The fourth-order valence-electron chi connectivity index (χ4n) is 1.94. The van der Waals surface area contributed by atoms with Gasteiger partial charge in [-0.1, -0.05) is 0 Å². The Balaban J connectivity index is 0.00000676. The maximum Gasteiger partial charge on any atom is 0.434 e. The number of hydrogen-bond donors (Lipinski definition) is 2. The Morgan fingerprint density at radius 1 is 1.22 bits per heavy atom. The predicted octanol–water partition coefficient (Wildman–Crippen LogP) is 3.32. The predicted molar refractivity (Wildman–Crippen MR) is 112 cm³/mol. The Bertz CT molecular complexity index is 530. The Morgan fingerprint density at radius 3 is 2.63 bits per heavy atom. The van der Waals surface area contributed by atoms with Crippen LogP contribution in [0.4, 0.5) is 13.2 Å². The van der Waals surface area contributed by atoms with Gasteiger partial charge in [-0.3, -0.25) is 4.99 Å². The number of halogens is 4. The number of guanidine groups is 1. The SMILES string of the molecule is CCNC(=NCCCCOCCOC)NCCc1nc(C(F)(F)F)cs1.I. The maximum atomic E-state index is 12.5. The van der Waals surface area contributed by atoms with E-state index in [1.165, 1.54) is 0 Å². The van der Waals surface area contributed by atoms with Crippen molar-refractivity contribution < 1.29 is 22.6 Å². The highest BCUT2D eigenvalue weighted by Crippen LogP contribution is 2.29. The number of hydrogen-bond acceptors (Lipinski definition) is 5. The first-order chi connectivity index (χ1) is 12.5. The lowest BCUT2D eigenvalue weighted by Crippen LogP contribution is -2.38. The minimum absolute atomic E-state index is 0. The van der Waals surface area contributed by atoms with Crippen LogP contribution in [0.1, 0.15) is 30.5 Å². The molecular weight excluding hydrogens is 496 g/mol. The van der Waals surface area contributed by atoms with E-state index in [0.29, 0.717) is 56.8 Å². The van der Waals surface area contributed by atoms with Gasteiger partial charge in [-0.05, 0) is 19.8 Å². The number of aliphatic imine (C=N–C) groups is 1. The molecule has 0 amide bonds. The van der Waals surface area contributed by atoms with Crippen molar-refractivity contribution in [3.05, 3.63) is 16.1 Å².